The average molecular weight is 1470 g/mol. The maximum Gasteiger partial charge on any atom is 0.490 e. The minimum absolute atomic E-state index is 0.0661. The number of hydrogen-bond donors (Lipinski definition) is 8. The first-order valence-electron chi connectivity index (χ1n) is 30.6. The Morgan fingerprint density at radius 1 is 0.480 bits per heavy atom. The number of nitrogens with two attached hydrogens (primary N) is 1. The van der Waals surface area contributed by atoms with Crippen LogP contribution in [0.15, 0.2) is 194 Å². The number of aromatic carboxylic acids is 2. The first-order valence-corrected chi connectivity index (χ1v) is 32.1. The molecule has 0 bridgehead atoms. The molecule has 9 N–H and O–H groups in total. The molecule has 0 atom stereocenters. The summed E-state index contributed by atoms with van der Waals surface area (Å²) in [6, 6.07) is 61.5. The molecule has 0 saturated heterocycles. The van der Waals surface area contributed by atoms with Crippen LogP contribution in [0.2, 0.25) is 20.1 Å². The lowest BCUT2D eigenvalue weighted by Crippen LogP contribution is -2.21. The highest BCUT2D eigenvalue weighted by atomic mass is 35.5. The van der Waals surface area contributed by atoms with E-state index in [4.69, 9.17) is 81.4 Å². The van der Waals surface area contributed by atoms with Crippen LogP contribution in [0.3, 0.4) is 0 Å². The number of anilines is 4. The van der Waals surface area contributed by atoms with Gasteiger partial charge in [0.25, 0.3) is 0 Å². The Labute approximate surface area is 599 Å². The third-order valence-corrected chi connectivity index (χ3v) is 15.9. The Morgan fingerprint density at radius 3 is 1.22 bits per heavy atom. The van der Waals surface area contributed by atoms with E-state index in [9.17, 15) is 32.7 Å². The van der Waals surface area contributed by atoms with Crippen molar-refractivity contribution in [2.45, 2.75) is 45.8 Å². The van der Waals surface area contributed by atoms with Gasteiger partial charge in [0, 0.05) is 42.8 Å². The van der Waals surface area contributed by atoms with E-state index in [1.165, 1.54) is 0 Å². The van der Waals surface area contributed by atoms with Crippen molar-refractivity contribution in [3.8, 4) is 11.5 Å². The summed E-state index contributed by atoms with van der Waals surface area (Å²) in [7, 11) is 3.24. The molecule has 3 aromatic heterocycles. The Morgan fingerprint density at radius 2 is 0.833 bits per heavy atom. The summed E-state index contributed by atoms with van der Waals surface area (Å²) >= 11 is 23.9. The molecule has 0 spiro atoms. The number of benzene rings is 10. The van der Waals surface area contributed by atoms with Crippen LogP contribution < -0.4 is 31.2 Å². The van der Waals surface area contributed by atoms with Gasteiger partial charge in [-0.05, 0) is 182 Å². The Bertz CT molecular complexity index is 5060. The predicted molar refractivity (Wildman–Crippen MR) is 386 cm³/mol. The van der Waals surface area contributed by atoms with Gasteiger partial charge in [-0.15, -0.1) is 15.3 Å². The molecule has 0 fully saturated rings. The van der Waals surface area contributed by atoms with Crippen molar-refractivity contribution in [1.82, 2.24) is 45.4 Å². The zero-order valence-corrected chi connectivity index (χ0v) is 57.2. The number of rotatable bonds is 19. The number of halogens is 7. The number of carbonyl (C=O) groups excluding carboxylic acids is 1. The van der Waals surface area contributed by atoms with Gasteiger partial charge in [-0.2, -0.15) is 23.5 Å². The van der Waals surface area contributed by atoms with E-state index < -0.39 is 30.1 Å². The summed E-state index contributed by atoms with van der Waals surface area (Å²) in [4.78, 5) is 43.9. The van der Waals surface area contributed by atoms with E-state index in [-0.39, 0.29) is 36.8 Å². The summed E-state index contributed by atoms with van der Waals surface area (Å²) < 4.78 is 50.6. The van der Waals surface area contributed by atoms with Crippen molar-refractivity contribution in [2.75, 3.05) is 42.5 Å². The molecule has 23 nitrogen and oxygen atoms in total. The van der Waals surface area contributed by atoms with Gasteiger partial charge in [-0.25, -0.2) is 28.5 Å². The number of fused-ring (bicyclic) bond motifs is 4. The van der Waals surface area contributed by atoms with Crippen molar-refractivity contribution in [3.63, 3.8) is 0 Å². The van der Waals surface area contributed by atoms with Gasteiger partial charge < -0.3 is 51.2 Å². The topological polar surface area (TPSA) is 322 Å². The van der Waals surface area contributed by atoms with Gasteiger partial charge in [0.05, 0.1) is 64.9 Å². The van der Waals surface area contributed by atoms with Crippen LogP contribution in [0.1, 0.15) is 66.6 Å². The zero-order chi connectivity index (χ0) is 73.0. The molecule has 524 valence electrons. The molecule has 13 aromatic rings. The fourth-order valence-electron chi connectivity index (χ4n) is 9.92. The van der Waals surface area contributed by atoms with Crippen LogP contribution >= 0.6 is 46.4 Å². The van der Waals surface area contributed by atoms with Crippen LogP contribution in [-0.4, -0.2) is 112 Å². The monoisotopic (exact) mass is 1470 g/mol. The van der Waals surface area contributed by atoms with Crippen molar-refractivity contribution < 1.29 is 61.9 Å². The number of methoxy groups -OCH3 is 2. The van der Waals surface area contributed by atoms with Gasteiger partial charge >= 0.3 is 30.1 Å². The number of carbonyl (C=O) groups is 4. The quantitative estimate of drug-likeness (QED) is 0.0275. The first-order chi connectivity index (χ1) is 48.9. The molecule has 3 heterocycles. The molecular formula is C72H62Cl4F3N13O10. The summed E-state index contributed by atoms with van der Waals surface area (Å²) in [5.41, 5.74) is 12.6. The average Bonchev–Trinajstić information content (AvgIpc) is 1.56. The first kappa shape index (κ1) is 74.5. The molecule has 13 rings (SSSR count). The highest BCUT2D eigenvalue weighted by Crippen LogP contribution is 2.28. The minimum atomic E-state index is -5.08. The van der Waals surface area contributed by atoms with Crippen molar-refractivity contribution in [3.05, 3.63) is 260 Å². The highest BCUT2D eigenvalue weighted by Gasteiger charge is 2.38. The van der Waals surface area contributed by atoms with Crippen LogP contribution in [0.25, 0.3) is 43.1 Å². The number of hydrogen-bond acceptors (Lipinski definition) is 17. The maximum atomic E-state index is 12.4. The number of aliphatic carboxylic acids is 1. The second-order valence-electron chi connectivity index (χ2n) is 22.0. The molecule has 0 radical (unpaired) electrons. The fourth-order valence-corrected chi connectivity index (χ4v) is 10.6. The lowest BCUT2D eigenvalue weighted by molar-refractivity contribution is -0.192. The number of carboxylic acids is 3. The minimum Gasteiger partial charge on any atom is -0.497 e. The summed E-state index contributed by atoms with van der Waals surface area (Å²) in [6.45, 7) is 3.79. The smallest absolute Gasteiger partial charge is 0.490 e. The number of nitrogens with zero attached hydrogens (tertiary/aromatic N) is 8. The number of esters is 1. The maximum absolute atomic E-state index is 12.4. The van der Waals surface area contributed by atoms with E-state index in [1.54, 1.807) is 30.5 Å². The molecule has 10 aromatic carbocycles. The SMILES string of the molecule is CCOC(=O)c1nnn(Cc2ccc(OC)cc2)c1CNc1ccc2cc(Cl)ccc2c1.COc1ccc(Cn2nnc(C(=O)O)c2CNc2ccc3cc(Cl)ccc3c2)cc1.Nc1ccc2cc(Cl)ccc2c1.O=C(O)C(F)(F)F.O=C(O)c1n[nH]nc1CNc1ccc2cc(Cl)ccc2c1. The fraction of sp³-hybridized carbons (Fsp3) is 0.139. The lowest BCUT2D eigenvalue weighted by atomic mass is 10.1. The largest absolute Gasteiger partial charge is 0.497 e. The molecule has 0 aliphatic heterocycles. The second kappa shape index (κ2) is 34.9. The number of ether oxygens (including phenoxy) is 3. The van der Waals surface area contributed by atoms with Crippen molar-refractivity contribution in [1.29, 1.82) is 0 Å². The molecule has 0 aliphatic carbocycles. The van der Waals surface area contributed by atoms with E-state index in [0.717, 1.165) is 93.5 Å². The predicted octanol–water partition coefficient (Wildman–Crippen LogP) is 16.0. The number of aromatic nitrogens is 9. The van der Waals surface area contributed by atoms with E-state index in [0.29, 0.717) is 51.8 Å². The number of H-pyrrole nitrogens is 1. The second-order valence-corrected chi connectivity index (χ2v) is 23.7. The third-order valence-electron chi connectivity index (χ3n) is 15.0. The van der Waals surface area contributed by atoms with Gasteiger partial charge in [0.2, 0.25) is 0 Å². The molecule has 0 amide bonds. The van der Waals surface area contributed by atoms with Gasteiger partial charge in [-0.1, -0.05) is 130 Å². The number of nitrogens with one attached hydrogen (secondary N) is 4. The molecular weight excluding hydrogens is 1410 g/mol. The van der Waals surface area contributed by atoms with Gasteiger partial charge in [0.15, 0.2) is 17.1 Å². The summed E-state index contributed by atoms with van der Waals surface area (Å²) in [5.74, 6) is -3.93. The third kappa shape index (κ3) is 20.7. The Kier molecular flexibility index (Phi) is 25.5. The van der Waals surface area contributed by atoms with Crippen molar-refractivity contribution >= 4 is 136 Å². The number of carboxylic acid groups (broad SMARTS) is 3. The van der Waals surface area contributed by atoms with Crippen LogP contribution in [0.4, 0.5) is 35.9 Å². The number of alkyl halides is 3. The van der Waals surface area contributed by atoms with Crippen LogP contribution in [0.5, 0.6) is 11.5 Å². The standard InChI is InChI=1S/C24H23ClN4O3.C22H19ClN4O3.C14H11ClN4O2.C10H8ClN.C2HF3O2/c1-3-32-24(30)23-22(29(28-27-23)15-16-4-10-21(31-2)11-5-16)14-26-20-9-7-17-12-19(25)8-6-18(17)13-20;1-30-19-8-2-14(3-9-19)13-27-20(21(22(28)29)25-26-27)12-24-18-7-5-15-10-17(23)6-4-16(15)11-18;15-10-3-1-9-6-11(4-2-8(9)5-10)16-7-12-13(14(20)21)18-19-17-12;11-9-3-1-8-6-10(12)4-2-7(8)5-9;3-2(4,5)1(6)7/h4-13,26H,3,14-15H2,1-2H3;2-11,24H,12-13H2,1H3,(H,28,29);1-6,16H,7H2,(H,20,21)(H,17,18,19);1-6H,12H2;(H,6,7). The lowest BCUT2D eigenvalue weighted by Gasteiger charge is -2.11. The summed E-state index contributed by atoms with van der Waals surface area (Å²) in [5, 5.41) is 72.7. The van der Waals surface area contributed by atoms with Gasteiger partial charge in [-0.3, -0.25) is 0 Å². The van der Waals surface area contributed by atoms with Crippen LogP contribution in [0, 0.1) is 0 Å². The van der Waals surface area contributed by atoms with Crippen molar-refractivity contribution in [2.24, 2.45) is 0 Å². The zero-order valence-electron chi connectivity index (χ0n) is 54.2. The van der Waals surface area contributed by atoms with E-state index >= 15 is 0 Å². The molecule has 0 unspecified atom stereocenters. The Hall–Kier alpha value is -11.7. The van der Waals surface area contributed by atoms with Crippen LogP contribution in [-0.2, 0) is 42.3 Å². The van der Waals surface area contributed by atoms with Gasteiger partial charge in [0.1, 0.15) is 17.2 Å². The summed E-state index contributed by atoms with van der Waals surface area (Å²) in [6.07, 6.45) is -5.08. The molecule has 0 aliphatic rings. The molecule has 30 heteroatoms. The molecule has 102 heavy (non-hydrogen) atoms. The molecule has 0 saturated carbocycles. The van der Waals surface area contributed by atoms with E-state index in [2.05, 4.69) is 52.0 Å². The number of aromatic amines is 1. The van der Waals surface area contributed by atoms with E-state index in [1.807, 2.05) is 194 Å². The highest BCUT2D eigenvalue weighted by molar-refractivity contribution is 6.32. The Balaban J connectivity index is 0.000000159. The number of nitrogen functional groups attached to an aromatic ring is 1. The normalized spacial score (nSPS) is 10.8.